The number of carboxylic acids is 2. The molecule has 0 aliphatic carbocycles. The molecule has 0 saturated carbocycles. The Kier molecular flexibility index (Phi) is 14.2. The van der Waals surface area contributed by atoms with Crippen molar-refractivity contribution in [3.63, 3.8) is 0 Å². The van der Waals surface area contributed by atoms with E-state index in [1.54, 1.807) is 9.80 Å². The molecule has 0 radical (unpaired) electrons. The predicted molar refractivity (Wildman–Crippen MR) is 176 cm³/mol. The summed E-state index contributed by atoms with van der Waals surface area (Å²) in [6.45, 7) is 9.22. The van der Waals surface area contributed by atoms with E-state index in [-0.39, 0.29) is 0 Å². The number of nitrogens with one attached hydrogen (secondary N) is 4. The highest BCUT2D eigenvalue weighted by Gasteiger charge is 2.28. The number of carboxylic acid groups (broad SMARTS) is 2. The monoisotopic (exact) mass is 620 g/mol. The second-order valence-corrected chi connectivity index (χ2v) is 11.3. The van der Waals surface area contributed by atoms with Crippen LogP contribution < -0.4 is 30.6 Å². The smallest absolute Gasteiger partial charge is 0.139 e. The maximum atomic E-state index is 9.41. The molecule has 8 heteroatoms. The predicted octanol–water partition coefficient (Wildman–Crippen LogP) is -0.429. The van der Waals surface area contributed by atoms with Crippen LogP contribution in [0.25, 0.3) is 0 Å². The number of hydrogen-bond acceptors (Lipinski definition) is 6. The van der Waals surface area contributed by atoms with Crippen molar-refractivity contribution >= 4 is 11.9 Å². The van der Waals surface area contributed by atoms with E-state index in [0.29, 0.717) is 24.2 Å². The van der Waals surface area contributed by atoms with E-state index in [2.05, 4.69) is 132 Å². The van der Waals surface area contributed by atoms with E-state index >= 15 is 0 Å². The van der Waals surface area contributed by atoms with Gasteiger partial charge in [-0.3, -0.25) is 0 Å². The van der Waals surface area contributed by atoms with Crippen molar-refractivity contribution in [3.8, 4) is 0 Å². The van der Waals surface area contributed by atoms with Crippen molar-refractivity contribution < 1.29 is 29.6 Å². The molecule has 0 unspecified atom stereocenters. The largest absolute Gasteiger partial charge is 0.545 e. The average molecular weight is 621 g/mol. The molecule has 240 valence electrons. The fourth-order valence-electron chi connectivity index (χ4n) is 6.12. The molecule has 2 aliphatic heterocycles. The number of quaternary nitrogens is 2. The second-order valence-electron chi connectivity index (χ2n) is 11.3. The molecule has 4 aromatic rings. The Labute approximate surface area is 272 Å². The molecule has 46 heavy (non-hydrogen) atoms. The maximum Gasteiger partial charge on any atom is 0.139 e. The van der Waals surface area contributed by atoms with Gasteiger partial charge in [0.2, 0.25) is 0 Å². The first kappa shape index (κ1) is 34.3. The van der Waals surface area contributed by atoms with E-state index in [1.165, 1.54) is 48.4 Å². The van der Waals surface area contributed by atoms with Crippen LogP contribution in [0.4, 0.5) is 0 Å². The quantitative estimate of drug-likeness (QED) is 0.199. The molecule has 0 spiro atoms. The minimum atomic E-state index is -1.55. The molecule has 2 saturated heterocycles. The summed E-state index contributed by atoms with van der Waals surface area (Å²) in [6, 6.07) is 44.5. The summed E-state index contributed by atoms with van der Waals surface area (Å²) in [6.07, 6.45) is 0.769. The highest BCUT2D eigenvalue weighted by Crippen LogP contribution is 2.20. The lowest BCUT2D eigenvalue weighted by atomic mass is 9.96. The van der Waals surface area contributed by atoms with Gasteiger partial charge in [0.15, 0.2) is 0 Å². The summed E-state index contributed by atoms with van der Waals surface area (Å²) in [5, 5.41) is 25.7. The lowest BCUT2D eigenvalue weighted by Crippen LogP contribution is -3.15. The third-order valence-corrected chi connectivity index (χ3v) is 8.20. The minimum absolute atomic E-state index is 0.384. The number of piperazine rings is 2. The fourth-order valence-corrected chi connectivity index (χ4v) is 6.12. The van der Waals surface area contributed by atoms with Gasteiger partial charge in [0, 0.05) is 48.4 Å². The van der Waals surface area contributed by atoms with Gasteiger partial charge >= 0.3 is 0 Å². The highest BCUT2D eigenvalue weighted by atomic mass is 16.4. The Morgan fingerprint density at radius 1 is 0.478 bits per heavy atom. The third kappa shape index (κ3) is 11.1. The Morgan fingerprint density at radius 3 is 0.935 bits per heavy atom. The summed E-state index contributed by atoms with van der Waals surface area (Å²) >= 11 is 0. The van der Waals surface area contributed by atoms with E-state index in [1.807, 2.05) is 0 Å². The van der Waals surface area contributed by atoms with Gasteiger partial charge < -0.3 is 40.2 Å². The van der Waals surface area contributed by atoms with Crippen LogP contribution in [0.2, 0.25) is 0 Å². The summed E-state index contributed by atoms with van der Waals surface area (Å²) < 4.78 is 0. The topological polar surface area (TPSA) is 113 Å². The zero-order chi connectivity index (χ0) is 32.4. The van der Waals surface area contributed by atoms with E-state index in [9.17, 15) is 19.8 Å². The Bertz CT molecular complexity index is 1270. The van der Waals surface area contributed by atoms with Crippen LogP contribution >= 0.6 is 0 Å². The van der Waals surface area contributed by atoms with Gasteiger partial charge in [-0.15, -0.1) is 0 Å². The molecule has 4 N–H and O–H groups in total. The minimum Gasteiger partial charge on any atom is -0.545 e. The Morgan fingerprint density at radius 2 is 0.717 bits per heavy atom. The zero-order valence-corrected chi connectivity index (χ0v) is 26.1. The van der Waals surface area contributed by atoms with Crippen molar-refractivity contribution in [3.05, 3.63) is 156 Å². The van der Waals surface area contributed by atoms with Gasteiger partial charge in [-0.2, -0.15) is 0 Å². The van der Waals surface area contributed by atoms with Crippen LogP contribution in [0.1, 0.15) is 34.3 Å². The number of carbonyl (C=O) groups is 2. The summed E-state index contributed by atoms with van der Waals surface area (Å²) in [7, 11) is 0. The third-order valence-electron chi connectivity index (χ3n) is 8.20. The van der Waals surface area contributed by atoms with Gasteiger partial charge in [-0.05, 0) is 12.2 Å². The molecule has 0 aromatic heterocycles. The van der Waals surface area contributed by atoms with Crippen molar-refractivity contribution in [1.29, 1.82) is 0 Å². The molecular weight excluding hydrogens is 576 g/mol. The average Bonchev–Trinajstić information content (AvgIpc) is 3.11. The highest BCUT2D eigenvalue weighted by molar-refractivity contribution is 5.87. The van der Waals surface area contributed by atoms with E-state index in [0.717, 1.165) is 26.2 Å². The van der Waals surface area contributed by atoms with Crippen LogP contribution in [0.3, 0.4) is 0 Å². The SMILES string of the molecule is O=C([O-])/C=C\C(=O)[O-].c1ccc(C(c2ccccc2)[NH+]2CCNCC2)cc1.c1ccc(C(c2ccccc2)[NH+]2CCNCC2)cc1. The van der Waals surface area contributed by atoms with Crippen LogP contribution in [0.5, 0.6) is 0 Å². The molecule has 0 amide bonds. The Balaban J connectivity index is 0.000000170. The van der Waals surface area contributed by atoms with Crippen molar-refractivity contribution in [2.45, 2.75) is 12.1 Å². The molecule has 0 bridgehead atoms. The zero-order valence-electron chi connectivity index (χ0n) is 26.1. The van der Waals surface area contributed by atoms with E-state index in [4.69, 9.17) is 0 Å². The molecule has 2 heterocycles. The molecule has 6 rings (SSSR count). The number of benzene rings is 4. The summed E-state index contributed by atoms with van der Waals surface area (Å²) in [5.74, 6) is -3.09. The maximum absolute atomic E-state index is 9.41. The normalized spacial score (nSPS) is 15.4. The number of aliphatic carboxylic acids is 2. The first-order valence-corrected chi connectivity index (χ1v) is 15.9. The summed E-state index contributed by atoms with van der Waals surface area (Å²) in [5.41, 5.74) is 5.69. The molecule has 4 aromatic carbocycles. The molecule has 8 nitrogen and oxygen atoms in total. The number of hydrogen-bond donors (Lipinski definition) is 4. The standard InChI is InChI=1S/2C17H20N2.C4H4O4/c2*1-3-7-15(8-4-1)17(16-9-5-2-6-10-16)19-13-11-18-12-14-19;5-3(6)1-2-4(7)8/h2*1-10,17-18H,11-14H2;1-2H,(H,5,6)(H,7,8)/b;;2-1-. The molecule has 2 aliphatic rings. The Hall–Kier alpha value is -4.60. The van der Waals surface area contributed by atoms with E-state index < -0.39 is 11.9 Å². The molecule has 0 atom stereocenters. The van der Waals surface area contributed by atoms with Crippen LogP contribution in [0, 0.1) is 0 Å². The molecule has 2 fully saturated rings. The van der Waals surface area contributed by atoms with Crippen molar-refractivity contribution in [1.82, 2.24) is 10.6 Å². The van der Waals surface area contributed by atoms with Gasteiger partial charge in [0.1, 0.15) is 12.1 Å². The van der Waals surface area contributed by atoms with Gasteiger partial charge in [0.25, 0.3) is 0 Å². The first-order valence-electron chi connectivity index (χ1n) is 15.9. The number of rotatable bonds is 8. The van der Waals surface area contributed by atoms with Gasteiger partial charge in [0.05, 0.1) is 38.1 Å². The van der Waals surface area contributed by atoms with Crippen molar-refractivity contribution in [2.24, 2.45) is 0 Å². The fraction of sp³-hybridized carbons (Fsp3) is 0.263. The van der Waals surface area contributed by atoms with Crippen LogP contribution in [0.15, 0.2) is 133 Å². The first-order chi connectivity index (χ1) is 22.5. The lowest BCUT2D eigenvalue weighted by molar-refractivity contribution is -0.927. The molecular formula is C38H44N4O4. The number of carbonyl (C=O) groups excluding carboxylic acids is 2. The van der Waals surface area contributed by atoms with Crippen LogP contribution in [-0.4, -0.2) is 64.3 Å². The summed E-state index contributed by atoms with van der Waals surface area (Å²) in [4.78, 5) is 22.2. The van der Waals surface area contributed by atoms with Gasteiger partial charge in [-0.25, -0.2) is 0 Å². The lowest BCUT2D eigenvalue weighted by Gasteiger charge is -2.32. The van der Waals surface area contributed by atoms with Gasteiger partial charge in [-0.1, -0.05) is 121 Å². The van der Waals surface area contributed by atoms with Crippen LogP contribution in [-0.2, 0) is 9.59 Å². The van der Waals surface area contributed by atoms with Crippen molar-refractivity contribution in [2.75, 3.05) is 52.4 Å². The second kappa shape index (κ2) is 19.0.